The first-order chi connectivity index (χ1) is 7.16. The minimum atomic E-state index is 0.513. The number of rotatable bonds is 1. The Balaban J connectivity index is 2.45. The number of benzene rings is 1. The molecular weight excluding hydrogens is 299 g/mol. The van der Waals surface area contributed by atoms with Crippen LogP contribution in [-0.2, 0) is 0 Å². The van der Waals surface area contributed by atoms with Gasteiger partial charge >= 0.3 is 0 Å². The van der Waals surface area contributed by atoms with Crippen molar-refractivity contribution in [2.45, 2.75) is 0 Å². The molecule has 1 heterocycles. The van der Waals surface area contributed by atoms with E-state index in [2.05, 4.69) is 25.9 Å². The highest BCUT2D eigenvalue weighted by atomic mass is 79.9. The lowest BCUT2D eigenvalue weighted by Gasteiger charge is -2.01. The van der Waals surface area contributed by atoms with Crippen molar-refractivity contribution in [3.63, 3.8) is 0 Å². The molecule has 0 aliphatic carbocycles. The average molecular weight is 304 g/mol. The summed E-state index contributed by atoms with van der Waals surface area (Å²) in [4.78, 5) is 8.29. The molecule has 76 valence electrons. The minimum absolute atomic E-state index is 0.513. The van der Waals surface area contributed by atoms with Crippen molar-refractivity contribution in [3.05, 3.63) is 45.2 Å². The summed E-state index contributed by atoms with van der Waals surface area (Å²) in [5.41, 5.74) is 1.65. The van der Waals surface area contributed by atoms with E-state index >= 15 is 0 Å². The second-order valence-corrected chi connectivity index (χ2v) is 4.48. The van der Waals surface area contributed by atoms with Gasteiger partial charge < -0.3 is 0 Å². The summed E-state index contributed by atoms with van der Waals surface area (Å²) in [7, 11) is 0. The van der Waals surface area contributed by atoms with Crippen molar-refractivity contribution in [1.29, 1.82) is 0 Å². The maximum absolute atomic E-state index is 5.91. The van der Waals surface area contributed by atoms with Gasteiger partial charge in [0, 0.05) is 5.56 Å². The van der Waals surface area contributed by atoms with E-state index in [1.54, 1.807) is 24.5 Å². The highest BCUT2D eigenvalue weighted by Gasteiger charge is 2.03. The van der Waals surface area contributed by atoms with Crippen molar-refractivity contribution in [3.8, 4) is 11.3 Å². The van der Waals surface area contributed by atoms with Gasteiger partial charge in [0.15, 0.2) is 0 Å². The molecule has 2 nitrogen and oxygen atoms in total. The second-order valence-electron chi connectivity index (χ2n) is 2.85. The molecule has 1 aromatic carbocycles. The summed E-state index contributed by atoms with van der Waals surface area (Å²) in [5.74, 6) is 0. The summed E-state index contributed by atoms with van der Waals surface area (Å²) >= 11 is 14.9. The lowest BCUT2D eigenvalue weighted by molar-refractivity contribution is 1.17. The smallest absolute Gasteiger partial charge is 0.124 e. The Bertz CT molecular complexity index is 485. The van der Waals surface area contributed by atoms with E-state index in [4.69, 9.17) is 23.2 Å². The summed E-state index contributed by atoms with van der Waals surface area (Å²) in [6.45, 7) is 0. The Labute approximate surface area is 105 Å². The molecule has 0 radical (unpaired) electrons. The first-order valence-corrected chi connectivity index (χ1v) is 5.64. The Morgan fingerprint density at radius 2 is 1.80 bits per heavy atom. The van der Waals surface area contributed by atoms with Gasteiger partial charge in [0.05, 0.1) is 28.1 Å². The van der Waals surface area contributed by atoms with Crippen LogP contribution in [0, 0.1) is 0 Å². The fourth-order valence-electron chi connectivity index (χ4n) is 1.12. The van der Waals surface area contributed by atoms with Gasteiger partial charge in [0.1, 0.15) is 4.60 Å². The van der Waals surface area contributed by atoms with Crippen LogP contribution in [0.25, 0.3) is 11.3 Å². The second kappa shape index (κ2) is 4.47. The molecule has 15 heavy (non-hydrogen) atoms. The third-order valence-electron chi connectivity index (χ3n) is 1.84. The van der Waals surface area contributed by atoms with Crippen molar-refractivity contribution in [2.75, 3.05) is 0 Å². The van der Waals surface area contributed by atoms with E-state index in [9.17, 15) is 0 Å². The fraction of sp³-hybridized carbons (Fsp3) is 0. The third kappa shape index (κ3) is 2.48. The number of hydrogen-bond donors (Lipinski definition) is 0. The molecule has 0 saturated carbocycles. The third-order valence-corrected chi connectivity index (χ3v) is 2.98. The van der Waals surface area contributed by atoms with Gasteiger partial charge in [-0.2, -0.15) is 0 Å². The fourth-order valence-corrected chi connectivity index (χ4v) is 1.62. The average Bonchev–Trinajstić information content (AvgIpc) is 2.23. The van der Waals surface area contributed by atoms with Crippen molar-refractivity contribution in [2.24, 2.45) is 0 Å². The van der Waals surface area contributed by atoms with Gasteiger partial charge in [-0.1, -0.05) is 29.3 Å². The van der Waals surface area contributed by atoms with Gasteiger partial charge in [-0.25, -0.2) is 4.98 Å². The van der Waals surface area contributed by atoms with E-state index < -0.39 is 0 Å². The minimum Gasteiger partial charge on any atom is -0.252 e. The molecule has 1 aromatic heterocycles. The molecule has 0 atom stereocenters. The zero-order valence-corrected chi connectivity index (χ0v) is 10.5. The standard InChI is InChI=1S/C10H5BrCl2N2/c11-10-5-14-9(4-15-10)6-1-2-7(12)8(13)3-6/h1-5H. The van der Waals surface area contributed by atoms with E-state index in [1.165, 1.54) is 0 Å². The Kier molecular flexibility index (Phi) is 3.24. The summed E-state index contributed by atoms with van der Waals surface area (Å²) in [6, 6.07) is 5.36. The van der Waals surface area contributed by atoms with E-state index in [1.807, 2.05) is 6.07 Å². The molecule has 2 rings (SSSR count). The van der Waals surface area contributed by atoms with Crippen LogP contribution in [0.4, 0.5) is 0 Å². The molecule has 0 spiro atoms. The summed E-state index contributed by atoms with van der Waals surface area (Å²) in [5, 5.41) is 1.05. The van der Waals surface area contributed by atoms with E-state index in [-0.39, 0.29) is 0 Å². The predicted octanol–water partition coefficient (Wildman–Crippen LogP) is 4.21. The van der Waals surface area contributed by atoms with Crippen LogP contribution in [-0.4, -0.2) is 9.97 Å². The molecule has 0 unspecified atom stereocenters. The van der Waals surface area contributed by atoms with Gasteiger partial charge in [-0.15, -0.1) is 0 Å². The van der Waals surface area contributed by atoms with Crippen molar-refractivity contribution >= 4 is 39.1 Å². The zero-order valence-electron chi connectivity index (χ0n) is 7.42. The lowest BCUT2D eigenvalue weighted by Crippen LogP contribution is -1.85. The van der Waals surface area contributed by atoms with Crippen molar-refractivity contribution < 1.29 is 0 Å². The number of aromatic nitrogens is 2. The van der Waals surface area contributed by atoms with Crippen LogP contribution in [0.5, 0.6) is 0 Å². The molecule has 2 aromatic rings. The van der Waals surface area contributed by atoms with E-state index in [0.29, 0.717) is 14.6 Å². The normalized spacial score (nSPS) is 10.3. The van der Waals surface area contributed by atoms with Gasteiger partial charge in [0.25, 0.3) is 0 Å². The summed E-state index contributed by atoms with van der Waals surface area (Å²) < 4.78 is 0.700. The summed E-state index contributed by atoms with van der Waals surface area (Å²) in [6.07, 6.45) is 3.31. The molecular formula is C10H5BrCl2N2. The Morgan fingerprint density at radius 3 is 2.40 bits per heavy atom. The van der Waals surface area contributed by atoms with Crippen LogP contribution < -0.4 is 0 Å². The van der Waals surface area contributed by atoms with E-state index in [0.717, 1.165) is 11.3 Å². The van der Waals surface area contributed by atoms with Crippen LogP contribution >= 0.6 is 39.1 Å². The molecule has 5 heteroatoms. The highest BCUT2D eigenvalue weighted by Crippen LogP contribution is 2.27. The quantitative estimate of drug-likeness (QED) is 0.788. The SMILES string of the molecule is Clc1ccc(-c2cnc(Br)cn2)cc1Cl. The van der Waals surface area contributed by atoms with Crippen molar-refractivity contribution in [1.82, 2.24) is 9.97 Å². The van der Waals surface area contributed by atoms with Crippen LogP contribution in [0.2, 0.25) is 10.0 Å². The van der Waals surface area contributed by atoms with Gasteiger partial charge in [0.2, 0.25) is 0 Å². The maximum atomic E-state index is 5.91. The number of halogens is 3. The molecule has 0 fully saturated rings. The molecule has 0 saturated heterocycles. The molecule has 0 aliphatic heterocycles. The first-order valence-electron chi connectivity index (χ1n) is 4.10. The number of nitrogens with zero attached hydrogens (tertiary/aromatic N) is 2. The molecule has 0 bridgehead atoms. The van der Waals surface area contributed by atoms with Gasteiger partial charge in [-0.3, -0.25) is 4.98 Å². The lowest BCUT2D eigenvalue weighted by atomic mass is 10.2. The maximum Gasteiger partial charge on any atom is 0.124 e. The largest absolute Gasteiger partial charge is 0.252 e. The predicted molar refractivity (Wildman–Crippen MR) is 65.2 cm³/mol. The molecule has 0 amide bonds. The number of hydrogen-bond acceptors (Lipinski definition) is 2. The monoisotopic (exact) mass is 302 g/mol. The topological polar surface area (TPSA) is 25.8 Å². The van der Waals surface area contributed by atoms with Crippen LogP contribution in [0.3, 0.4) is 0 Å². The highest BCUT2D eigenvalue weighted by molar-refractivity contribution is 9.10. The molecule has 0 aliphatic rings. The first kappa shape index (κ1) is 10.9. The molecule has 0 N–H and O–H groups in total. The van der Waals surface area contributed by atoms with Crippen LogP contribution in [0.1, 0.15) is 0 Å². The Hall–Kier alpha value is -0.640. The Morgan fingerprint density at radius 1 is 1.00 bits per heavy atom. The van der Waals surface area contributed by atoms with Gasteiger partial charge in [-0.05, 0) is 28.1 Å². The zero-order chi connectivity index (χ0) is 10.8. The van der Waals surface area contributed by atoms with Crippen LogP contribution in [0.15, 0.2) is 35.2 Å².